The molecule has 2 aromatic rings. The van der Waals surface area contributed by atoms with Gasteiger partial charge in [0.1, 0.15) is 10.0 Å². The lowest BCUT2D eigenvalue weighted by atomic mass is 10.0. The van der Waals surface area contributed by atoms with E-state index in [9.17, 15) is 17.6 Å². The van der Waals surface area contributed by atoms with Gasteiger partial charge >= 0.3 is 0 Å². The first kappa shape index (κ1) is 20.8. The normalized spacial score (nSPS) is 18.7. The van der Waals surface area contributed by atoms with Crippen molar-refractivity contribution >= 4 is 33.0 Å². The Hall–Kier alpha value is -1.97. The van der Waals surface area contributed by atoms with E-state index in [0.717, 1.165) is 29.7 Å². The van der Waals surface area contributed by atoms with Crippen molar-refractivity contribution in [1.29, 1.82) is 0 Å². The Labute approximate surface area is 168 Å². The smallest absolute Gasteiger partial charge is 0.250 e. The molecule has 2 atom stereocenters. The Kier molecular flexibility index (Phi) is 6.36. The lowest BCUT2D eigenvalue weighted by Gasteiger charge is -2.35. The molecule has 3 rings (SSSR count). The summed E-state index contributed by atoms with van der Waals surface area (Å²) in [4.78, 5) is 14.4. The number of piperidine rings is 1. The van der Waals surface area contributed by atoms with Gasteiger partial charge in [0.25, 0.3) is 10.0 Å². The number of carbonyl (C=O) groups is 1. The summed E-state index contributed by atoms with van der Waals surface area (Å²) in [6, 6.07) is 7.04. The van der Waals surface area contributed by atoms with Crippen molar-refractivity contribution in [3.63, 3.8) is 0 Å². The third-order valence-corrected chi connectivity index (χ3v) is 7.63. The van der Waals surface area contributed by atoms with Crippen molar-refractivity contribution in [1.82, 2.24) is 10.0 Å². The van der Waals surface area contributed by atoms with Gasteiger partial charge in [-0.05, 0) is 55.8 Å². The summed E-state index contributed by atoms with van der Waals surface area (Å²) in [5.74, 6) is -0.675. The second kappa shape index (κ2) is 8.59. The number of halogens is 1. The van der Waals surface area contributed by atoms with Crippen LogP contribution in [0.5, 0.6) is 0 Å². The van der Waals surface area contributed by atoms with Crippen molar-refractivity contribution in [2.75, 3.05) is 18.0 Å². The number of sulfonamides is 1. The van der Waals surface area contributed by atoms with E-state index >= 15 is 0 Å². The van der Waals surface area contributed by atoms with Gasteiger partial charge in [-0.1, -0.05) is 12.1 Å². The topological polar surface area (TPSA) is 78.5 Å². The van der Waals surface area contributed by atoms with Crippen LogP contribution in [0.4, 0.5) is 10.1 Å². The lowest BCUT2D eigenvalue weighted by Crippen LogP contribution is -2.53. The molecule has 0 radical (unpaired) electrons. The van der Waals surface area contributed by atoms with Crippen LogP contribution in [0, 0.1) is 12.7 Å². The Morgan fingerprint density at radius 3 is 2.86 bits per heavy atom. The Morgan fingerprint density at radius 1 is 1.36 bits per heavy atom. The standard InChI is InChI=1S/C19H24FN3O3S2/c1-13-7-8-16(20)17(11-13)23-9-3-5-15(12-23)21-19(24)14(2)22-28(25,26)18-6-4-10-27-18/h4,6-8,10-11,14-15,22H,3,5,9,12H2,1-2H3,(H,21,24). The van der Waals surface area contributed by atoms with Crippen molar-refractivity contribution < 1.29 is 17.6 Å². The highest BCUT2D eigenvalue weighted by atomic mass is 32.2. The van der Waals surface area contributed by atoms with Gasteiger partial charge in [0.2, 0.25) is 5.91 Å². The zero-order valence-corrected chi connectivity index (χ0v) is 17.4. The summed E-state index contributed by atoms with van der Waals surface area (Å²) in [5, 5.41) is 4.56. The number of anilines is 1. The van der Waals surface area contributed by atoms with E-state index in [0.29, 0.717) is 18.8 Å². The molecule has 1 aromatic carbocycles. The predicted molar refractivity (Wildman–Crippen MR) is 109 cm³/mol. The Morgan fingerprint density at radius 2 is 2.14 bits per heavy atom. The molecule has 1 aliphatic rings. The third-order valence-electron chi connectivity index (χ3n) is 4.70. The fourth-order valence-electron chi connectivity index (χ4n) is 3.27. The molecule has 0 saturated carbocycles. The van der Waals surface area contributed by atoms with E-state index in [1.807, 2.05) is 11.8 Å². The first-order valence-corrected chi connectivity index (χ1v) is 11.5. The minimum atomic E-state index is -3.72. The highest BCUT2D eigenvalue weighted by Crippen LogP contribution is 2.24. The van der Waals surface area contributed by atoms with Crippen LogP contribution >= 0.6 is 11.3 Å². The lowest BCUT2D eigenvalue weighted by molar-refractivity contribution is -0.123. The highest BCUT2D eigenvalue weighted by Gasteiger charge is 2.27. The van der Waals surface area contributed by atoms with Crippen LogP contribution in [-0.4, -0.2) is 39.5 Å². The third kappa shape index (κ3) is 4.89. The number of amides is 1. The van der Waals surface area contributed by atoms with Gasteiger partial charge in [0, 0.05) is 19.1 Å². The van der Waals surface area contributed by atoms with E-state index in [1.165, 1.54) is 19.1 Å². The molecule has 1 fully saturated rings. The number of nitrogens with zero attached hydrogens (tertiary/aromatic N) is 1. The summed E-state index contributed by atoms with van der Waals surface area (Å²) >= 11 is 1.10. The minimum absolute atomic E-state index is 0.171. The molecule has 0 spiro atoms. The van der Waals surface area contributed by atoms with E-state index in [1.54, 1.807) is 23.6 Å². The molecule has 2 N–H and O–H groups in total. The van der Waals surface area contributed by atoms with Gasteiger partial charge in [-0.25, -0.2) is 12.8 Å². The van der Waals surface area contributed by atoms with Crippen LogP contribution in [0.25, 0.3) is 0 Å². The molecule has 1 aliphatic heterocycles. The van der Waals surface area contributed by atoms with Crippen LogP contribution in [0.2, 0.25) is 0 Å². The summed E-state index contributed by atoms with van der Waals surface area (Å²) in [5.41, 5.74) is 1.50. The molecule has 152 valence electrons. The Balaban J connectivity index is 1.61. The number of hydrogen-bond donors (Lipinski definition) is 2. The molecule has 2 unspecified atom stereocenters. The van der Waals surface area contributed by atoms with Crippen molar-refractivity contribution in [3.8, 4) is 0 Å². The average molecular weight is 426 g/mol. The predicted octanol–water partition coefficient (Wildman–Crippen LogP) is 2.65. The zero-order valence-electron chi connectivity index (χ0n) is 15.8. The summed E-state index contributed by atoms with van der Waals surface area (Å²) in [6.45, 7) is 4.62. The molecule has 0 bridgehead atoms. The van der Waals surface area contributed by atoms with Crippen LogP contribution < -0.4 is 14.9 Å². The molecule has 9 heteroatoms. The van der Waals surface area contributed by atoms with E-state index in [2.05, 4.69) is 10.0 Å². The molecular formula is C19H24FN3O3S2. The molecule has 1 saturated heterocycles. The van der Waals surface area contributed by atoms with Crippen LogP contribution in [0.1, 0.15) is 25.3 Å². The van der Waals surface area contributed by atoms with Crippen molar-refractivity contribution in [2.24, 2.45) is 0 Å². The molecule has 1 aromatic heterocycles. The average Bonchev–Trinajstić information content (AvgIpc) is 3.19. The van der Waals surface area contributed by atoms with Gasteiger partial charge in [0.05, 0.1) is 11.7 Å². The summed E-state index contributed by atoms with van der Waals surface area (Å²) in [6.07, 6.45) is 1.58. The molecule has 2 heterocycles. The first-order valence-electron chi connectivity index (χ1n) is 9.13. The van der Waals surface area contributed by atoms with Crippen molar-refractivity contribution in [3.05, 3.63) is 47.1 Å². The summed E-state index contributed by atoms with van der Waals surface area (Å²) in [7, 11) is -3.72. The van der Waals surface area contributed by atoms with Gasteiger partial charge in [0.15, 0.2) is 0 Å². The maximum absolute atomic E-state index is 14.2. The second-order valence-electron chi connectivity index (χ2n) is 7.02. The number of thiophene rings is 1. The van der Waals surface area contributed by atoms with Crippen LogP contribution in [0.3, 0.4) is 0 Å². The number of carbonyl (C=O) groups excluding carboxylic acids is 1. The molecule has 28 heavy (non-hydrogen) atoms. The maximum Gasteiger partial charge on any atom is 0.250 e. The van der Waals surface area contributed by atoms with Gasteiger partial charge in [-0.15, -0.1) is 11.3 Å². The van der Waals surface area contributed by atoms with Crippen molar-refractivity contribution in [2.45, 2.75) is 43.0 Å². The first-order chi connectivity index (χ1) is 13.3. The number of benzene rings is 1. The monoisotopic (exact) mass is 425 g/mol. The highest BCUT2D eigenvalue weighted by molar-refractivity contribution is 7.91. The summed E-state index contributed by atoms with van der Waals surface area (Å²) < 4.78 is 41.3. The number of hydrogen-bond acceptors (Lipinski definition) is 5. The zero-order chi connectivity index (χ0) is 20.3. The SMILES string of the molecule is Cc1ccc(F)c(N2CCCC(NC(=O)C(C)NS(=O)(=O)c3cccs3)C2)c1. The molecular weight excluding hydrogens is 401 g/mol. The minimum Gasteiger partial charge on any atom is -0.367 e. The van der Waals surface area contributed by atoms with Gasteiger partial charge < -0.3 is 10.2 Å². The van der Waals surface area contributed by atoms with E-state index in [-0.39, 0.29) is 16.1 Å². The second-order valence-corrected chi connectivity index (χ2v) is 9.91. The molecule has 0 aliphatic carbocycles. The van der Waals surface area contributed by atoms with Gasteiger partial charge in [-0.3, -0.25) is 4.79 Å². The maximum atomic E-state index is 14.2. The van der Waals surface area contributed by atoms with E-state index in [4.69, 9.17) is 0 Å². The number of rotatable bonds is 6. The number of aryl methyl sites for hydroxylation is 1. The fraction of sp³-hybridized carbons (Fsp3) is 0.421. The van der Waals surface area contributed by atoms with Crippen LogP contribution in [0.15, 0.2) is 39.9 Å². The molecule has 1 amide bonds. The Bertz CT molecular complexity index is 932. The largest absolute Gasteiger partial charge is 0.367 e. The van der Waals surface area contributed by atoms with Crippen LogP contribution in [-0.2, 0) is 14.8 Å². The molecule has 6 nitrogen and oxygen atoms in total. The van der Waals surface area contributed by atoms with E-state index < -0.39 is 22.0 Å². The quantitative estimate of drug-likeness (QED) is 0.746. The number of nitrogens with one attached hydrogen (secondary N) is 2. The fourth-order valence-corrected chi connectivity index (χ4v) is 5.48. The van der Waals surface area contributed by atoms with Gasteiger partial charge in [-0.2, -0.15) is 4.72 Å².